The molecule has 0 aliphatic heterocycles. The maximum atomic E-state index is 8.68. The van der Waals surface area contributed by atoms with Crippen LogP contribution in [0.5, 0.6) is 0 Å². The smallest absolute Gasteiger partial charge is 0.0802 e. The molecule has 0 radical (unpaired) electrons. The van der Waals surface area contributed by atoms with Gasteiger partial charge in [-0.25, -0.2) is 0 Å². The summed E-state index contributed by atoms with van der Waals surface area (Å²) in [5.74, 6) is 0. The summed E-state index contributed by atoms with van der Waals surface area (Å²) < 4.78 is 5.60. The van der Waals surface area contributed by atoms with E-state index >= 15 is 0 Å². The maximum absolute atomic E-state index is 8.68. The average molecular weight is 189 g/mol. The Morgan fingerprint density at radius 3 is 2.46 bits per heavy atom. The van der Waals surface area contributed by atoms with Crippen LogP contribution in [0.1, 0.15) is 39.5 Å². The average Bonchev–Trinajstić information content (AvgIpc) is 2.20. The summed E-state index contributed by atoms with van der Waals surface area (Å²) in [6, 6.07) is 0. The van der Waals surface area contributed by atoms with Gasteiger partial charge in [-0.1, -0.05) is 26.7 Å². The molecule has 1 atom stereocenters. The fraction of sp³-hybridized carbons (Fsp3) is 1.00. The second kappa shape index (κ2) is 7.30. The highest BCUT2D eigenvalue weighted by Gasteiger charge is 2.26. The van der Waals surface area contributed by atoms with Crippen molar-refractivity contribution in [1.82, 2.24) is 0 Å². The van der Waals surface area contributed by atoms with Crippen molar-refractivity contribution >= 4 is 0 Å². The Hall–Kier alpha value is -0.120. The molecular weight excluding hydrogens is 166 g/mol. The van der Waals surface area contributed by atoms with Gasteiger partial charge < -0.3 is 15.6 Å². The van der Waals surface area contributed by atoms with Gasteiger partial charge in [0.25, 0.3) is 0 Å². The second-order valence-corrected chi connectivity index (χ2v) is 3.42. The van der Waals surface area contributed by atoms with E-state index in [9.17, 15) is 0 Å². The number of aliphatic hydroxyl groups excluding tert-OH is 1. The van der Waals surface area contributed by atoms with Crippen LogP contribution in [-0.4, -0.2) is 30.5 Å². The molecule has 0 aromatic heterocycles. The first-order valence-electron chi connectivity index (χ1n) is 5.19. The van der Waals surface area contributed by atoms with Crippen LogP contribution in [0.25, 0.3) is 0 Å². The van der Waals surface area contributed by atoms with Crippen LogP contribution >= 0.6 is 0 Å². The van der Waals surface area contributed by atoms with E-state index in [1.165, 1.54) is 0 Å². The lowest BCUT2D eigenvalue weighted by molar-refractivity contribution is -0.0609. The third-order valence-corrected chi connectivity index (χ3v) is 2.50. The summed E-state index contributed by atoms with van der Waals surface area (Å²) in [6.45, 7) is 5.26. The minimum absolute atomic E-state index is 0.0773. The van der Waals surface area contributed by atoms with Gasteiger partial charge in [-0.05, 0) is 12.8 Å². The first-order chi connectivity index (χ1) is 6.24. The van der Waals surface area contributed by atoms with E-state index in [1.807, 2.05) is 0 Å². The van der Waals surface area contributed by atoms with E-state index < -0.39 is 0 Å². The molecule has 0 aromatic rings. The molecule has 0 saturated carbocycles. The number of aliphatic hydroxyl groups is 1. The number of rotatable bonds is 8. The molecule has 0 bridgehead atoms. The highest BCUT2D eigenvalue weighted by molar-refractivity contribution is 4.80. The number of unbranched alkanes of at least 4 members (excludes halogenated alkanes) is 1. The van der Waals surface area contributed by atoms with Crippen LogP contribution in [0.3, 0.4) is 0 Å². The van der Waals surface area contributed by atoms with Crippen molar-refractivity contribution in [3.05, 3.63) is 0 Å². The number of hydrogen-bond donors (Lipinski definition) is 2. The van der Waals surface area contributed by atoms with Gasteiger partial charge in [0.2, 0.25) is 0 Å². The molecule has 13 heavy (non-hydrogen) atoms. The Morgan fingerprint density at radius 2 is 2.08 bits per heavy atom. The lowest BCUT2D eigenvalue weighted by atomic mass is 9.93. The first-order valence-corrected chi connectivity index (χ1v) is 5.19. The van der Waals surface area contributed by atoms with Gasteiger partial charge >= 0.3 is 0 Å². The van der Waals surface area contributed by atoms with Crippen molar-refractivity contribution in [2.45, 2.75) is 45.1 Å². The van der Waals surface area contributed by atoms with Crippen molar-refractivity contribution in [3.63, 3.8) is 0 Å². The zero-order chi connectivity index (χ0) is 10.2. The van der Waals surface area contributed by atoms with E-state index in [0.29, 0.717) is 13.2 Å². The minimum Gasteiger partial charge on any atom is -0.394 e. The predicted octanol–water partition coefficient (Wildman–Crippen LogP) is 1.29. The van der Waals surface area contributed by atoms with Crippen LogP contribution < -0.4 is 5.73 Å². The lowest BCUT2D eigenvalue weighted by Crippen LogP contribution is -2.41. The molecule has 3 N–H and O–H groups in total. The van der Waals surface area contributed by atoms with E-state index in [1.54, 1.807) is 0 Å². The Kier molecular flexibility index (Phi) is 7.23. The van der Waals surface area contributed by atoms with E-state index in [4.69, 9.17) is 15.6 Å². The molecule has 80 valence electrons. The molecule has 0 spiro atoms. The molecule has 0 amide bonds. The summed E-state index contributed by atoms with van der Waals surface area (Å²) in [5.41, 5.74) is 5.50. The Bertz CT molecular complexity index is 103. The summed E-state index contributed by atoms with van der Waals surface area (Å²) in [5, 5.41) is 8.68. The first kappa shape index (κ1) is 12.9. The monoisotopic (exact) mass is 189 g/mol. The summed E-state index contributed by atoms with van der Waals surface area (Å²) in [4.78, 5) is 0. The molecule has 0 aliphatic rings. The Morgan fingerprint density at radius 1 is 1.38 bits per heavy atom. The van der Waals surface area contributed by atoms with Gasteiger partial charge in [0.05, 0.1) is 18.8 Å². The van der Waals surface area contributed by atoms with E-state index in [2.05, 4.69) is 13.8 Å². The Labute approximate surface area is 81.3 Å². The zero-order valence-electron chi connectivity index (χ0n) is 8.88. The summed E-state index contributed by atoms with van der Waals surface area (Å²) in [7, 11) is 0. The molecule has 0 heterocycles. The number of ether oxygens (including phenoxy) is 1. The van der Waals surface area contributed by atoms with Crippen molar-refractivity contribution in [3.8, 4) is 0 Å². The molecule has 0 rings (SSSR count). The lowest BCUT2D eigenvalue weighted by Gasteiger charge is -2.31. The normalized spacial score (nSPS) is 15.7. The highest BCUT2D eigenvalue weighted by atomic mass is 16.5. The largest absolute Gasteiger partial charge is 0.394 e. The van der Waals surface area contributed by atoms with Gasteiger partial charge in [0.15, 0.2) is 0 Å². The molecular formula is C10H23NO2. The maximum Gasteiger partial charge on any atom is 0.0802 e. The molecule has 0 aromatic carbocycles. The zero-order valence-corrected chi connectivity index (χ0v) is 8.88. The minimum atomic E-state index is -0.196. The fourth-order valence-corrected chi connectivity index (χ4v) is 1.42. The van der Waals surface area contributed by atoms with Gasteiger partial charge in [0.1, 0.15) is 0 Å². The third-order valence-electron chi connectivity index (χ3n) is 2.50. The topological polar surface area (TPSA) is 55.5 Å². The molecule has 3 nitrogen and oxygen atoms in total. The van der Waals surface area contributed by atoms with Gasteiger partial charge in [-0.3, -0.25) is 0 Å². The van der Waals surface area contributed by atoms with Crippen LogP contribution in [-0.2, 0) is 4.74 Å². The van der Waals surface area contributed by atoms with Crippen molar-refractivity contribution in [1.29, 1.82) is 0 Å². The number of hydrogen-bond acceptors (Lipinski definition) is 3. The molecule has 0 aliphatic carbocycles. The number of nitrogens with two attached hydrogens (primary N) is 1. The van der Waals surface area contributed by atoms with Crippen molar-refractivity contribution < 1.29 is 9.84 Å². The van der Waals surface area contributed by atoms with Gasteiger partial charge in [-0.2, -0.15) is 0 Å². The van der Waals surface area contributed by atoms with Crippen molar-refractivity contribution in [2.24, 2.45) is 5.73 Å². The van der Waals surface area contributed by atoms with Crippen LogP contribution in [0, 0.1) is 0 Å². The Balaban J connectivity index is 3.97. The molecule has 0 fully saturated rings. The third kappa shape index (κ3) is 4.60. The van der Waals surface area contributed by atoms with Crippen molar-refractivity contribution in [2.75, 3.05) is 19.8 Å². The van der Waals surface area contributed by atoms with E-state index in [-0.39, 0.29) is 12.2 Å². The molecule has 0 saturated heterocycles. The van der Waals surface area contributed by atoms with Crippen LogP contribution in [0.15, 0.2) is 0 Å². The van der Waals surface area contributed by atoms with Gasteiger partial charge in [0, 0.05) is 6.54 Å². The summed E-state index contributed by atoms with van der Waals surface area (Å²) >= 11 is 0. The standard InChI is InChI=1S/C10H23NO2/c1-3-5-6-10(4-2,9-11)13-8-7-12/h12H,3-9,11H2,1-2H3. The fourth-order valence-electron chi connectivity index (χ4n) is 1.42. The predicted molar refractivity (Wildman–Crippen MR) is 54.6 cm³/mol. The van der Waals surface area contributed by atoms with E-state index in [0.717, 1.165) is 25.7 Å². The molecule has 1 unspecified atom stereocenters. The van der Waals surface area contributed by atoms with Gasteiger partial charge in [-0.15, -0.1) is 0 Å². The quantitative estimate of drug-likeness (QED) is 0.605. The summed E-state index contributed by atoms with van der Waals surface area (Å²) in [6.07, 6.45) is 4.21. The highest BCUT2D eigenvalue weighted by Crippen LogP contribution is 2.21. The SMILES string of the molecule is CCCCC(CC)(CN)OCCO. The molecule has 3 heteroatoms. The second-order valence-electron chi connectivity index (χ2n) is 3.42. The van der Waals surface area contributed by atoms with Crippen LogP contribution in [0.2, 0.25) is 0 Å². The van der Waals surface area contributed by atoms with Crippen LogP contribution in [0.4, 0.5) is 0 Å².